The zero-order chi connectivity index (χ0) is 18.6. The van der Waals surface area contributed by atoms with E-state index >= 15 is 0 Å². The number of rotatable bonds is 6. The van der Waals surface area contributed by atoms with Gasteiger partial charge in [0.2, 0.25) is 0 Å². The Morgan fingerprint density at radius 2 is 1.92 bits per heavy atom. The molecule has 0 spiro atoms. The molecule has 0 bridgehead atoms. The van der Waals surface area contributed by atoms with Gasteiger partial charge in [0.1, 0.15) is 5.75 Å². The summed E-state index contributed by atoms with van der Waals surface area (Å²) in [7, 11) is -2.23. The summed E-state index contributed by atoms with van der Waals surface area (Å²) in [5, 5.41) is 0. The normalized spacial score (nSPS) is 11.0. The second kappa shape index (κ2) is 8.05. The van der Waals surface area contributed by atoms with Crippen LogP contribution in [0.1, 0.15) is 22.8 Å². The lowest BCUT2D eigenvalue weighted by Gasteiger charge is -2.13. The number of benzene rings is 2. The van der Waals surface area contributed by atoms with Crippen LogP contribution < -0.4 is 9.46 Å². The molecule has 0 radical (unpaired) electrons. The molecule has 0 amide bonds. The zero-order valence-electron chi connectivity index (χ0n) is 14.0. The van der Waals surface area contributed by atoms with E-state index in [1.165, 1.54) is 25.3 Å². The predicted molar refractivity (Wildman–Crippen MR) is 104 cm³/mol. The predicted octanol–water partition coefficient (Wildman–Crippen LogP) is 3.59. The van der Waals surface area contributed by atoms with Gasteiger partial charge in [-0.25, -0.2) is 13.2 Å². The van der Waals surface area contributed by atoms with Gasteiger partial charge < -0.3 is 9.47 Å². The molecule has 0 saturated carbocycles. The fourth-order valence-electron chi connectivity index (χ4n) is 2.14. The number of nitrogens with one attached hydrogen (secondary N) is 1. The van der Waals surface area contributed by atoms with E-state index in [4.69, 9.17) is 9.47 Å². The Hall–Kier alpha value is -1.81. The Bertz CT molecular complexity index is 896. The number of halogens is 1. The van der Waals surface area contributed by atoms with Crippen molar-refractivity contribution in [2.24, 2.45) is 0 Å². The average molecular weight is 475 g/mol. The maximum Gasteiger partial charge on any atom is 0.338 e. The van der Waals surface area contributed by atoms with Crippen molar-refractivity contribution in [2.75, 3.05) is 18.4 Å². The van der Waals surface area contributed by atoms with Gasteiger partial charge in [-0.1, -0.05) is 0 Å². The number of aryl methyl sites for hydroxylation is 1. The number of hydrogen-bond acceptors (Lipinski definition) is 5. The minimum absolute atomic E-state index is 0.131. The van der Waals surface area contributed by atoms with Crippen molar-refractivity contribution in [3.63, 3.8) is 0 Å². The molecule has 8 heteroatoms. The summed E-state index contributed by atoms with van der Waals surface area (Å²) < 4.78 is 38.5. The fraction of sp³-hybridized carbons (Fsp3) is 0.235. The lowest BCUT2D eigenvalue weighted by molar-refractivity contribution is 0.0526. The number of methoxy groups -OCH3 is 1. The molecule has 0 fully saturated rings. The van der Waals surface area contributed by atoms with Crippen LogP contribution in [0.15, 0.2) is 41.3 Å². The Balaban J connectivity index is 2.29. The molecule has 0 aliphatic rings. The van der Waals surface area contributed by atoms with E-state index in [9.17, 15) is 13.2 Å². The first-order chi connectivity index (χ1) is 11.8. The monoisotopic (exact) mass is 475 g/mol. The van der Waals surface area contributed by atoms with Gasteiger partial charge in [-0.3, -0.25) is 4.72 Å². The van der Waals surface area contributed by atoms with Gasteiger partial charge in [0.15, 0.2) is 0 Å². The van der Waals surface area contributed by atoms with Crippen molar-refractivity contribution in [1.29, 1.82) is 0 Å². The van der Waals surface area contributed by atoms with Crippen LogP contribution in [0.4, 0.5) is 5.69 Å². The molecular weight excluding hydrogens is 457 g/mol. The van der Waals surface area contributed by atoms with Crippen LogP contribution in [0.5, 0.6) is 5.75 Å². The first-order valence-electron chi connectivity index (χ1n) is 7.42. The number of sulfonamides is 1. The third-order valence-electron chi connectivity index (χ3n) is 3.42. The van der Waals surface area contributed by atoms with Crippen molar-refractivity contribution in [3.05, 3.63) is 51.1 Å². The summed E-state index contributed by atoms with van der Waals surface area (Å²) in [6, 6.07) is 9.28. The van der Waals surface area contributed by atoms with Gasteiger partial charge in [0.05, 0.1) is 33.4 Å². The lowest BCUT2D eigenvalue weighted by atomic mass is 10.1. The Morgan fingerprint density at radius 1 is 1.20 bits per heavy atom. The Labute approximate surface area is 160 Å². The summed E-state index contributed by atoms with van der Waals surface area (Å²) in [5.74, 6) is 0.166. The van der Waals surface area contributed by atoms with Gasteiger partial charge in [0, 0.05) is 0 Å². The molecular formula is C17H18INO5S. The molecule has 2 aromatic carbocycles. The Kier molecular flexibility index (Phi) is 6.28. The molecule has 0 aromatic heterocycles. The number of carbonyl (C=O) groups is 1. The molecule has 134 valence electrons. The summed E-state index contributed by atoms with van der Waals surface area (Å²) in [6.45, 7) is 3.73. The molecule has 6 nitrogen and oxygen atoms in total. The topological polar surface area (TPSA) is 81.7 Å². The molecule has 2 rings (SSSR count). The largest absolute Gasteiger partial charge is 0.496 e. The van der Waals surface area contributed by atoms with E-state index in [0.29, 0.717) is 26.1 Å². The molecule has 25 heavy (non-hydrogen) atoms. The van der Waals surface area contributed by atoms with Gasteiger partial charge in [0.25, 0.3) is 10.0 Å². The van der Waals surface area contributed by atoms with E-state index in [1.807, 2.05) is 22.6 Å². The van der Waals surface area contributed by atoms with E-state index in [2.05, 4.69) is 4.72 Å². The number of esters is 1. The number of carbonyl (C=O) groups excluding carboxylic acids is 1. The van der Waals surface area contributed by atoms with Crippen molar-refractivity contribution < 1.29 is 22.7 Å². The highest BCUT2D eigenvalue weighted by Crippen LogP contribution is 2.26. The van der Waals surface area contributed by atoms with Crippen molar-refractivity contribution in [3.8, 4) is 5.75 Å². The minimum Gasteiger partial charge on any atom is -0.496 e. The minimum atomic E-state index is -3.75. The van der Waals surface area contributed by atoms with E-state index in [0.717, 1.165) is 0 Å². The van der Waals surface area contributed by atoms with Gasteiger partial charge in [-0.05, 0) is 78.4 Å². The standard InChI is InChI=1S/C17H18INO5S/c1-4-24-17(20)12-5-7-15(11(2)9-12)19-25(21,22)13-6-8-16(23-3)14(18)10-13/h5-10,19H,4H2,1-3H3. The summed E-state index contributed by atoms with van der Waals surface area (Å²) in [6.07, 6.45) is 0. The second-order valence-electron chi connectivity index (χ2n) is 5.15. The summed E-state index contributed by atoms with van der Waals surface area (Å²) in [5.41, 5.74) is 1.40. The van der Waals surface area contributed by atoms with Crippen molar-refractivity contribution in [2.45, 2.75) is 18.7 Å². The first-order valence-corrected chi connectivity index (χ1v) is 9.98. The highest BCUT2D eigenvalue weighted by atomic mass is 127. The molecule has 2 aromatic rings. The molecule has 0 unspecified atom stereocenters. The maximum absolute atomic E-state index is 12.6. The Morgan fingerprint density at radius 3 is 2.48 bits per heavy atom. The number of hydrogen-bond donors (Lipinski definition) is 1. The third-order valence-corrected chi connectivity index (χ3v) is 5.62. The van der Waals surface area contributed by atoms with Gasteiger partial charge in [-0.15, -0.1) is 0 Å². The van der Waals surface area contributed by atoms with Crippen LogP contribution >= 0.6 is 22.6 Å². The maximum atomic E-state index is 12.6. The average Bonchev–Trinajstić information content (AvgIpc) is 2.56. The van der Waals surface area contributed by atoms with E-state index in [-0.39, 0.29) is 11.5 Å². The summed E-state index contributed by atoms with van der Waals surface area (Å²) >= 11 is 2.01. The van der Waals surface area contributed by atoms with Crippen LogP contribution in [0.25, 0.3) is 0 Å². The van der Waals surface area contributed by atoms with E-state index < -0.39 is 16.0 Å². The number of ether oxygens (including phenoxy) is 2. The second-order valence-corrected chi connectivity index (χ2v) is 8.00. The van der Waals surface area contributed by atoms with Crippen LogP contribution in [0, 0.1) is 10.5 Å². The molecule has 0 saturated heterocycles. The van der Waals surface area contributed by atoms with Crippen LogP contribution in [0.2, 0.25) is 0 Å². The molecule has 1 N–H and O–H groups in total. The SMILES string of the molecule is CCOC(=O)c1ccc(NS(=O)(=O)c2ccc(OC)c(I)c2)c(C)c1. The molecule has 0 atom stereocenters. The number of anilines is 1. The van der Waals surface area contributed by atoms with Crippen LogP contribution in [-0.2, 0) is 14.8 Å². The van der Waals surface area contributed by atoms with Gasteiger partial charge in [-0.2, -0.15) is 0 Å². The first kappa shape index (κ1) is 19.5. The zero-order valence-corrected chi connectivity index (χ0v) is 17.0. The lowest BCUT2D eigenvalue weighted by Crippen LogP contribution is -2.14. The van der Waals surface area contributed by atoms with Crippen molar-refractivity contribution in [1.82, 2.24) is 0 Å². The molecule has 0 aliphatic carbocycles. The summed E-state index contributed by atoms with van der Waals surface area (Å²) in [4.78, 5) is 11.9. The van der Waals surface area contributed by atoms with E-state index in [1.54, 1.807) is 32.0 Å². The smallest absolute Gasteiger partial charge is 0.338 e. The van der Waals surface area contributed by atoms with Crippen LogP contribution in [0.3, 0.4) is 0 Å². The van der Waals surface area contributed by atoms with Gasteiger partial charge >= 0.3 is 5.97 Å². The highest BCUT2D eigenvalue weighted by Gasteiger charge is 2.18. The molecule has 0 heterocycles. The quantitative estimate of drug-likeness (QED) is 0.510. The third kappa shape index (κ3) is 4.63. The van der Waals surface area contributed by atoms with Crippen molar-refractivity contribution >= 4 is 44.3 Å². The fourth-order valence-corrected chi connectivity index (χ4v) is 4.24. The van der Waals surface area contributed by atoms with Crippen LogP contribution in [-0.4, -0.2) is 28.1 Å². The highest BCUT2D eigenvalue weighted by molar-refractivity contribution is 14.1. The molecule has 0 aliphatic heterocycles.